The Hall–Kier alpha value is -1.96. The van der Waals surface area contributed by atoms with E-state index in [0.29, 0.717) is 13.0 Å². The molecule has 0 radical (unpaired) electrons. The largest absolute Gasteiger partial charge is 0.480 e. The Morgan fingerprint density at radius 3 is 1.81 bits per heavy atom. The van der Waals surface area contributed by atoms with E-state index in [0.717, 1.165) is 76.9 Å². The van der Waals surface area contributed by atoms with Gasteiger partial charge in [-0.1, -0.05) is 157 Å². The van der Waals surface area contributed by atoms with Gasteiger partial charge in [0.05, 0.1) is 12.3 Å². The third kappa shape index (κ3) is 26.0. The number of carbonyl (C=O) groups is 2. The molecule has 0 heterocycles. The van der Waals surface area contributed by atoms with Crippen LogP contribution in [0.5, 0.6) is 0 Å². The van der Waals surface area contributed by atoms with E-state index in [4.69, 9.17) is 4.74 Å². The van der Waals surface area contributed by atoms with Gasteiger partial charge in [0.2, 0.25) is 5.91 Å². The molecule has 0 saturated carbocycles. The molecular formula is C47H89N3O4. The number of amides is 1. The number of nitrogens with one attached hydrogen (secondary N) is 2. The molecule has 3 N–H and O–H groups in total. The molecular weight excluding hydrogens is 671 g/mol. The molecule has 0 aliphatic carbocycles. The van der Waals surface area contributed by atoms with Crippen molar-refractivity contribution in [3.8, 4) is 0 Å². The van der Waals surface area contributed by atoms with Crippen LogP contribution >= 0.6 is 0 Å². The Balaban J connectivity index is 0.00000666. The Bertz CT molecular complexity index is 1030. The number of hydrogen-bond acceptors (Lipinski definition) is 5. The number of nitrogens with zero attached hydrogens (tertiary/aromatic N) is 1. The van der Waals surface area contributed by atoms with Gasteiger partial charge in [-0.3, -0.25) is 14.9 Å². The molecule has 7 nitrogen and oxygen atoms in total. The lowest BCUT2D eigenvalue weighted by Gasteiger charge is -2.35. The maximum Gasteiger partial charge on any atom is 0.320 e. The molecule has 0 aliphatic heterocycles. The van der Waals surface area contributed by atoms with Crippen LogP contribution in [0.4, 0.5) is 0 Å². The minimum atomic E-state index is -0.810. The highest BCUT2D eigenvalue weighted by Gasteiger charge is 2.34. The number of unbranched alkanes of at least 4 members (excludes halogenated alkanes) is 9. The fourth-order valence-electron chi connectivity index (χ4n) is 7.01. The van der Waals surface area contributed by atoms with Gasteiger partial charge in [0, 0.05) is 12.0 Å². The van der Waals surface area contributed by atoms with Gasteiger partial charge < -0.3 is 20.1 Å². The van der Waals surface area contributed by atoms with Crippen LogP contribution in [0.3, 0.4) is 0 Å². The third-order valence-electron chi connectivity index (χ3n) is 10.9. The number of ether oxygens (including phenoxy) is 1. The zero-order valence-corrected chi connectivity index (χ0v) is 37.2. The van der Waals surface area contributed by atoms with E-state index >= 15 is 0 Å². The molecule has 7 heteroatoms. The zero-order valence-electron chi connectivity index (χ0n) is 37.2. The topological polar surface area (TPSA) is 90.9 Å². The van der Waals surface area contributed by atoms with Crippen LogP contribution in [-0.4, -0.2) is 66.4 Å². The number of carboxylic acid groups (broad SMARTS) is 1. The summed E-state index contributed by atoms with van der Waals surface area (Å²) in [5.41, 5.74) is 0.378. The summed E-state index contributed by atoms with van der Waals surface area (Å²) in [7, 11) is 0. The van der Waals surface area contributed by atoms with E-state index in [1.165, 1.54) is 69.8 Å². The van der Waals surface area contributed by atoms with Crippen LogP contribution in [0.15, 0.2) is 30.3 Å². The highest BCUT2D eigenvalue weighted by atomic mass is 16.5. The van der Waals surface area contributed by atoms with Crippen molar-refractivity contribution in [3.63, 3.8) is 0 Å². The van der Waals surface area contributed by atoms with Gasteiger partial charge in [-0.15, -0.1) is 0 Å². The second kappa shape index (κ2) is 32.2. The molecule has 4 unspecified atom stereocenters. The van der Waals surface area contributed by atoms with Crippen molar-refractivity contribution in [1.82, 2.24) is 15.5 Å². The first-order valence-corrected chi connectivity index (χ1v) is 22.4. The normalized spacial score (nSPS) is 14.9. The highest BCUT2D eigenvalue weighted by Crippen LogP contribution is 2.35. The van der Waals surface area contributed by atoms with Gasteiger partial charge in [-0.05, 0) is 102 Å². The molecule has 0 aromatic heterocycles. The van der Waals surface area contributed by atoms with Crippen molar-refractivity contribution in [3.05, 3.63) is 35.9 Å². The molecule has 1 aromatic carbocycles. The number of carboxylic acids is 1. The Morgan fingerprint density at radius 1 is 0.741 bits per heavy atom. The molecule has 316 valence electrons. The maximum absolute atomic E-state index is 13.5. The van der Waals surface area contributed by atoms with Gasteiger partial charge in [-0.25, -0.2) is 0 Å². The summed E-state index contributed by atoms with van der Waals surface area (Å²) in [6.07, 6.45) is 20.1. The van der Waals surface area contributed by atoms with Crippen molar-refractivity contribution < 1.29 is 19.4 Å². The minimum Gasteiger partial charge on any atom is -0.480 e. The Morgan fingerprint density at radius 2 is 1.28 bits per heavy atom. The fourth-order valence-corrected chi connectivity index (χ4v) is 7.01. The van der Waals surface area contributed by atoms with Crippen LogP contribution in [-0.2, 0) is 14.3 Å². The van der Waals surface area contributed by atoms with E-state index in [-0.39, 0.29) is 18.6 Å². The second-order valence-corrected chi connectivity index (χ2v) is 17.3. The lowest BCUT2D eigenvalue weighted by atomic mass is 9.78. The van der Waals surface area contributed by atoms with Gasteiger partial charge in [-0.2, -0.15) is 0 Å². The maximum atomic E-state index is 13.5. The van der Waals surface area contributed by atoms with Crippen molar-refractivity contribution in [2.75, 3.05) is 32.9 Å². The van der Waals surface area contributed by atoms with E-state index in [1.807, 2.05) is 6.07 Å². The minimum absolute atomic E-state index is 0.154. The van der Waals surface area contributed by atoms with Crippen molar-refractivity contribution in [2.24, 2.45) is 11.3 Å². The van der Waals surface area contributed by atoms with E-state index in [2.05, 4.69) is 109 Å². The van der Waals surface area contributed by atoms with Crippen LogP contribution in [0.1, 0.15) is 203 Å². The quantitative estimate of drug-likeness (QED) is 0.0488. The summed E-state index contributed by atoms with van der Waals surface area (Å²) in [6, 6.07) is 9.92. The van der Waals surface area contributed by atoms with Crippen molar-refractivity contribution in [2.45, 2.75) is 209 Å². The summed E-state index contributed by atoms with van der Waals surface area (Å²) in [5.74, 6) is 0.458. The first-order chi connectivity index (χ1) is 25.8. The van der Waals surface area contributed by atoms with E-state index < -0.39 is 23.0 Å². The summed E-state index contributed by atoms with van der Waals surface area (Å²) < 4.78 is 6.57. The lowest BCUT2D eigenvalue weighted by molar-refractivity contribution is -0.141. The summed E-state index contributed by atoms with van der Waals surface area (Å²) in [6.45, 7) is 26.1. The molecule has 0 bridgehead atoms. The standard InChI is InChI=1S/C43H79N3O4.C4H10/c1-8-12-15-16-17-18-19-23-28-39(40(47)48)45-36-50-43(7,35-37(5)38-26-21-20-22-27-38)30-24-29-42(6,11-4)41(49)44-31-25-34-46(32-13-9-2)33-14-10-3;1-4(2)3/h20-22,26-27,37,39,45H,8-19,23-25,28-36H2,1-7H3,(H,44,49)(H,47,48);4H,1-3H3. The molecule has 1 aromatic rings. The average molecular weight is 760 g/mol. The summed E-state index contributed by atoms with van der Waals surface area (Å²) >= 11 is 0. The molecule has 0 saturated heterocycles. The molecule has 0 spiro atoms. The molecule has 0 aliphatic rings. The Labute approximate surface area is 334 Å². The van der Waals surface area contributed by atoms with Gasteiger partial charge in [0.15, 0.2) is 0 Å². The van der Waals surface area contributed by atoms with Crippen LogP contribution in [0.25, 0.3) is 0 Å². The average Bonchev–Trinajstić information content (AvgIpc) is 3.14. The summed E-state index contributed by atoms with van der Waals surface area (Å²) in [4.78, 5) is 28.1. The lowest BCUT2D eigenvalue weighted by Crippen LogP contribution is -2.42. The zero-order chi connectivity index (χ0) is 40.7. The predicted octanol–water partition coefficient (Wildman–Crippen LogP) is 12.1. The first kappa shape index (κ1) is 52.0. The van der Waals surface area contributed by atoms with Crippen LogP contribution in [0, 0.1) is 11.3 Å². The van der Waals surface area contributed by atoms with E-state index in [1.54, 1.807) is 0 Å². The first-order valence-electron chi connectivity index (χ1n) is 22.4. The van der Waals surface area contributed by atoms with Gasteiger partial charge >= 0.3 is 5.97 Å². The van der Waals surface area contributed by atoms with E-state index in [9.17, 15) is 14.7 Å². The van der Waals surface area contributed by atoms with Crippen LogP contribution < -0.4 is 10.6 Å². The van der Waals surface area contributed by atoms with Crippen molar-refractivity contribution >= 4 is 11.9 Å². The SMILES string of the molecule is CC(C)C.CCCCCCCCCCC(NCOC(C)(CCCC(C)(CC)C(=O)NCCCN(CCCC)CCCC)CC(C)c1ccccc1)C(=O)O. The molecule has 54 heavy (non-hydrogen) atoms. The second-order valence-electron chi connectivity index (χ2n) is 17.3. The van der Waals surface area contributed by atoms with Crippen LogP contribution in [0.2, 0.25) is 0 Å². The third-order valence-corrected chi connectivity index (χ3v) is 10.9. The number of rotatable bonds is 33. The number of carbonyl (C=O) groups excluding carboxylic acids is 1. The highest BCUT2D eigenvalue weighted by molar-refractivity contribution is 5.82. The number of aliphatic carboxylic acids is 1. The molecule has 0 fully saturated rings. The molecule has 1 amide bonds. The Kier molecular flexibility index (Phi) is 31.0. The summed E-state index contributed by atoms with van der Waals surface area (Å²) in [5, 5.41) is 16.4. The van der Waals surface area contributed by atoms with Gasteiger partial charge in [0.1, 0.15) is 6.04 Å². The predicted molar refractivity (Wildman–Crippen MR) is 232 cm³/mol. The number of hydrogen-bond donors (Lipinski definition) is 3. The molecule has 4 atom stereocenters. The fraction of sp³-hybridized carbons (Fsp3) is 0.830. The van der Waals surface area contributed by atoms with Gasteiger partial charge in [0.25, 0.3) is 0 Å². The molecule has 1 rings (SSSR count). The number of benzene rings is 1. The van der Waals surface area contributed by atoms with Crippen molar-refractivity contribution in [1.29, 1.82) is 0 Å². The monoisotopic (exact) mass is 760 g/mol. The smallest absolute Gasteiger partial charge is 0.320 e.